The molecule has 0 aromatic heterocycles. The smallest absolute Gasteiger partial charge is 0.165 e. The molecule has 0 heterocycles. The minimum atomic E-state index is -0.753. The summed E-state index contributed by atoms with van der Waals surface area (Å²) in [5.41, 5.74) is -0.286. The summed E-state index contributed by atoms with van der Waals surface area (Å²) in [6.45, 7) is 0.413. The van der Waals surface area contributed by atoms with E-state index in [2.05, 4.69) is 0 Å². The van der Waals surface area contributed by atoms with E-state index in [4.69, 9.17) is 4.74 Å². The van der Waals surface area contributed by atoms with Crippen molar-refractivity contribution in [3.63, 3.8) is 0 Å². The Kier molecular flexibility index (Phi) is 2.66. The number of rotatable bonds is 4. The predicted molar refractivity (Wildman–Crippen MR) is 50.0 cm³/mol. The monoisotopic (exact) mass is 212 g/mol. The zero-order chi connectivity index (χ0) is 10.8. The summed E-state index contributed by atoms with van der Waals surface area (Å²) in [5.74, 6) is -1.10. The summed E-state index contributed by atoms with van der Waals surface area (Å²) < 4.78 is 31.4. The third kappa shape index (κ3) is 2.32. The van der Waals surface area contributed by atoms with E-state index in [1.165, 1.54) is 0 Å². The van der Waals surface area contributed by atoms with Crippen molar-refractivity contribution in [1.82, 2.24) is 0 Å². The molecule has 15 heavy (non-hydrogen) atoms. The first-order valence-electron chi connectivity index (χ1n) is 4.77. The summed E-state index contributed by atoms with van der Waals surface area (Å²) in [4.78, 5) is 10.3. The largest absolute Gasteiger partial charge is 0.490 e. The summed E-state index contributed by atoms with van der Waals surface area (Å²) >= 11 is 0. The molecular weight excluding hydrogens is 202 g/mol. The lowest BCUT2D eigenvalue weighted by atomic mass is 10.2. The van der Waals surface area contributed by atoms with Gasteiger partial charge < -0.3 is 4.74 Å². The molecule has 0 aliphatic heterocycles. The van der Waals surface area contributed by atoms with E-state index < -0.39 is 11.6 Å². The van der Waals surface area contributed by atoms with Crippen molar-refractivity contribution in [2.45, 2.75) is 12.8 Å². The van der Waals surface area contributed by atoms with Gasteiger partial charge in [-0.2, -0.15) is 0 Å². The minimum Gasteiger partial charge on any atom is -0.490 e. The van der Waals surface area contributed by atoms with Crippen LogP contribution in [0.1, 0.15) is 23.2 Å². The van der Waals surface area contributed by atoms with Crippen LogP contribution in [0.3, 0.4) is 0 Å². The van der Waals surface area contributed by atoms with E-state index >= 15 is 0 Å². The van der Waals surface area contributed by atoms with Crippen molar-refractivity contribution in [3.8, 4) is 5.75 Å². The van der Waals surface area contributed by atoms with Crippen LogP contribution in [0.15, 0.2) is 12.1 Å². The Morgan fingerprint density at radius 2 is 2.07 bits per heavy atom. The molecule has 0 bridgehead atoms. The van der Waals surface area contributed by atoms with Crippen molar-refractivity contribution < 1.29 is 18.3 Å². The quantitative estimate of drug-likeness (QED) is 0.717. The van der Waals surface area contributed by atoms with Gasteiger partial charge in [-0.1, -0.05) is 0 Å². The van der Waals surface area contributed by atoms with Crippen LogP contribution in [-0.4, -0.2) is 12.9 Å². The van der Waals surface area contributed by atoms with Gasteiger partial charge in [-0.25, -0.2) is 8.78 Å². The van der Waals surface area contributed by atoms with Gasteiger partial charge in [-0.3, -0.25) is 4.79 Å². The Morgan fingerprint density at radius 1 is 1.33 bits per heavy atom. The maximum absolute atomic E-state index is 13.2. The fourth-order valence-corrected chi connectivity index (χ4v) is 1.24. The van der Waals surface area contributed by atoms with Crippen LogP contribution in [0.4, 0.5) is 8.78 Å². The highest BCUT2D eigenvalue weighted by Gasteiger charge is 2.22. The molecule has 4 heteroatoms. The molecule has 1 aliphatic carbocycles. The number of aldehydes is 1. The molecule has 1 fully saturated rings. The lowest BCUT2D eigenvalue weighted by Crippen LogP contribution is -2.02. The van der Waals surface area contributed by atoms with Gasteiger partial charge in [0.2, 0.25) is 0 Å². The van der Waals surface area contributed by atoms with Gasteiger partial charge in [0.05, 0.1) is 12.2 Å². The number of carbonyl (C=O) groups excluding carboxylic acids is 1. The maximum atomic E-state index is 13.2. The summed E-state index contributed by atoms with van der Waals surface area (Å²) in [7, 11) is 0. The predicted octanol–water partition coefficient (Wildman–Crippen LogP) is 2.57. The molecule has 1 saturated carbocycles. The fraction of sp³-hybridized carbons (Fsp3) is 0.364. The van der Waals surface area contributed by atoms with Crippen molar-refractivity contribution in [3.05, 3.63) is 29.3 Å². The van der Waals surface area contributed by atoms with Crippen LogP contribution >= 0.6 is 0 Å². The van der Waals surface area contributed by atoms with Crippen molar-refractivity contribution in [1.29, 1.82) is 0 Å². The van der Waals surface area contributed by atoms with Gasteiger partial charge in [0.1, 0.15) is 5.82 Å². The molecule has 0 N–H and O–H groups in total. The van der Waals surface area contributed by atoms with E-state index in [0.717, 1.165) is 25.0 Å². The Bertz CT molecular complexity index is 386. The second kappa shape index (κ2) is 3.96. The number of halogens is 2. The first-order valence-corrected chi connectivity index (χ1v) is 4.77. The standard InChI is InChI=1S/C11H10F2O2/c12-9-4-11(15-6-7-1-2-7)10(13)3-8(9)5-14/h3-5,7H,1-2,6H2. The molecule has 0 atom stereocenters. The molecule has 0 unspecified atom stereocenters. The van der Waals surface area contributed by atoms with E-state index in [9.17, 15) is 13.6 Å². The second-order valence-corrected chi connectivity index (χ2v) is 3.68. The maximum Gasteiger partial charge on any atom is 0.165 e. The molecule has 2 nitrogen and oxygen atoms in total. The second-order valence-electron chi connectivity index (χ2n) is 3.68. The van der Waals surface area contributed by atoms with Crippen LogP contribution in [0, 0.1) is 17.6 Å². The first-order chi connectivity index (χ1) is 7.20. The number of carbonyl (C=O) groups is 1. The molecule has 0 saturated heterocycles. The SMILES string of the molecule is O=Cc1cc(F)c(OCC2CC2)cc1F. The van der Waals surface area contributed by atoms with Gasteiger partial charge in [0, 0.05) is 6.07 Å². The third-order valence-electron chi connectivity index (χ3n) is 2.35. The Hall–Kier alpha value is -1.45. The topological polar surface area (TPSA) is 26.3 Å². The zero-order valence-corrected chi connectivity index (χ0v) is 8.00. The van der Waals surface area contributed by atoms with E-state index in [1.54, 1.807) is 0 Å². The molecule has 1 aromatic carbocycles. The highest BCUT2D eigenvalue weighted by atomic mass is 19.1. The van der Waals surface area contributed by atoms with E-state index in [1.807, 2.05) is 0 Å². The summed E-state index contributed by atoms with van der Waals surface area (Å²) in [6.07, 6.45) is 2.44. The third-order valence-corrected chi connectivity index (χ3v) is 2.35. The van der Waals surface area contributed by atoms with Crippen LogP contribution < -0.4 is 4.74 Å². The van der Waals surface area contributed by atoms with Crippen molar-refractivity contribution in [2.24, 2.45) is 5.92 Å². The van der Waals surface area contributed by atoms with Crippen LogP contribution in [-0.2, 0) is 0 Å². The number of ether oxygens (including phenoxy) is 1. The average molecular weight is 212 g/mol. The zero-order valence-electron chi connectivity index (χ0n) is 8.00. The van der Waals surface area contributed by atoms with Gasteiger partial charge in [-0.15, -0.1) is 0 Å². The van der Waals surface area contributed by atoms with Crippen molar-refractivity contribution in [2.75, 3.05) is 6.61 Å². The van der Waals surface area contributed by atoms with Gasteiger partial charge in [-0.05, 0) is 24.8 Å². The highest BCUT2D eigenvalue weighted by molar-refractivity contribution is 5.75. The molecule has 0 radical (unpaired) electrons. The van der Waals surface area contributed by atoms with Gasteiger partial charge in [0.25, 0.3) is 0 Å². The Labute approximate surface area is 85.9 Å². The van der Waals surface area contributed by atoms with Crippen LogP contribution in [0.2, 0.25) is 0 Å². The molecule has 1 aromatic rings. The minimum absolute atomic E-state index is 0.120. The van der Waals surface area contributed by atoms with E-state index in [0.29, 0.717) is 12.5 Å². The van der Waals surface area contributed by atoms with E-state index in [-0.39, 0.29) is 17.6 Å². The lowest BCUT2D eigenvalue weighted by molar-refractivity contribution is 0.111. The number of hydrogen-bond acceptors (Lipinski definition) is 2. The lowest BCUT2D eigenvalue weighted by Gasteiger charge is -2.07. The summed E-state index contributed by atoms with van der Waals surface area (Å²) in [5, 5.41) is 0. The number of benzene rings is 1. The average Bonchev–Trinajstić information content (AvgIpc) is 3.02. The highest BCUT2D eigenvalue weighted by Crippen LogP contribution is 2.30. The summed E-state index contributed by atoms with van der Waals surface area (Å²) in [6, 6.07) is 1.77. The molecule has 0 spiro atoms. The van der Waals surface area contributed by atoms with Gasteiger partial charge >= 0.3 is 0 Å². The Balaban J connectivity index is 2.15. The normalized spacial score (nSPS) is 15.1. The Morgan fingerprint density at radius 3 is 2.67 bits per heavy atom. The van der Waals surface area contributed by atoms with Crippen molar-refractivity contribution >= 4 is 6.29 Å². The van der Waals surface area contributed by atoms with Gasteiger partial charge in [0.15, 0.2) is 17.9 Å². The number of hydrogen-bond donors (Lipinski definition) is 0. The fourth-order valence-electron chi connectivity index (χ4n) is 1.24. The molecule has 80 valence electrons. The van der Waals surface area contributed by atoms with Crippen LogP contribution in [0.25, 0.3) is 0 Å². The molecule has 2 rings (SSSR count). The first kappa shape index (κ1) is 10.1. The molecule has 1 aliphatic rings. The molecular formula is C11H10F2O2. The van der Waals surface area contributed by atoms with Crippen LogP contribution in [0.5, 0.6) is 5.75 Å². The molecule has 0 amide bonds.